The van der Waals surface area contributed by atoms with Gasteiger partial charge in [0.2, 0.25) is 0 Å². The maximum absolute atomic E-state index is 12.3. The van der Waals surface area contributed by atoms with E-state index in [0.717, 1.165) is 17.6 Å². The van der Waals surface area contributed by atoms with Crippen LogP contribution in [0.25, 0.3) is 0 Å². The molecule has 2 atom stereocenters. The average Bonchev–Trinajstić information content (AvgIpc) is 2.59. The van der Waals surface area contributed by atoms with Gasteiger partial charge in [-0.3, -0.25) is 4.79 Å². The number of allylic oxidation sites excluding steroid dienone is 2. The van der Waals surface area contributed by atoms with Gasteiger partial charge in [-0.25, -0.2) is 0 Å². The summed E-state index contributed by atoms with van der Waals surface area (Å²) in [5.74, 6) is 0.371. The monoisotopic (exact) mass is 367 g/mol. The standard InChI is InChI=1S/C20H33NO5/c1-14(2)20(23)26-11-10-25-9-8-24-7-6-21-19(22)18-13-15(3)12-16(4)17(18)5/h13,16,20,23H,1,6-12H2,2-5H3,(H,21,22). The second-order valence-corrected chi connectivity index (χ2v) is 6.74. The quantitative estimate of drug-likeness (QED) is 0.315. The molecule has 0 spiro atoms. The molecule has 2 unspecified atom stereocenters. The van der Waals surface area contributed by atoms with Crippen LogP contribution in [0.1, 0.15) is 34.1 Å². The Bertz CT molecular complexity index is 538. The van der Waals surface area contributed by atoms with Crippen molar-refractivity contribution in [1.82, 2.24) is 5.32 Å². The number of carbonyl (C=O) groups is 1. The van der Waals surface area contributed by atoms with Crippen molar-refractivity contribution in [3.05, 3.63) is 34.9 Å². The number of amides is 1. The maximum atomic E-state index is 12.3. The van der Waals surface area contributed by atoms with Gasteiger partial charge < -0.3 is 24.6 Å². The highest BCUT2D eigenvalue weighted by molar-refractivity contribution is 5.97. The molecule has 0 saturated heterocycles. The molecule has 0 saturated carbocycles. The number of aliphatic hydroxyl groups excluding tert-OH is 1. The Morgan fingerprint density at radius 3 is 2.54 bits per heavy atom. The molecule has 0 heterocycles. The second-order valence-electron chi connectivity index (χ2n) is 6.74. The van der Waals surface area contributed by atoms with Crippen molar-refractivity contribution in [3.8, 4) is 0 Å². The number of hydrogen-bond acceptors (Lipinski definition) is 5. The van der Waals surface area contributed by atoms with E-state index in [0.29, 0.717) is 51.1 Å². The molecule has 0 bridgehead atoms. The molecule has 26 heavy (non-hydrogen) atoms. The van der Waals surface area contributed by atoms with Gasteiger partial charge in [-0.15, -0.1) is 0 Å². The van der Waals surface area contributed by atoms with Crippen LogP contribution in [0.4, 0.5) is 0 Å². The molecule has 1 rings (SSSR count). The van der Waals surface area contributed by atoms with Crippen molar-refractivity contribution in [2.45, 2.75) is 40.4 Å². The Morgan fingerprint density at radius 2 is 1.88 bits per heavy atom. The van der Waals surface area contributed by atoms with Crippen molar-refractivity contribution in [2.24, 2.45) is 5.92 Å². The van der Waals surface area contributed by atoms with Crippen LogP contribution < -0.4 is 5.32 Å². The summed E-state index contributed by atoms with van der Waals surface area (Å²) in [7, 11) is 0. The Hall–Kier alpha value is -1.47. The minimum atomic E-state index is -0.942. The summed E-state index contributed by atoms with van der Waals surface area (Å²) in [5.41, 5.74) is 3.72. The van der Waals surface area contributed by atoms with Gasteiger partial charge >= 0.3 is 0 Å². The fourth-order valence-corrected chi connectivity index (χ4v) is 2.58. The highest BCUT2D eigenvalue weighted by Crippen LogP contribution is 2.28. The Balaban J connectivity index is 2.06. The SMILES string of the molecule is C=C(C)C(O)OCCOCCOCCNC(=O)C1=C(C)C(C)CC(C)=C1. The number of nitrogens with one attached hydrogen (secondary N) is 1. The molecule has 0 aromatic carbocycles. The number of aliphatic hydroxyl groups is 1. The molecule has 0 aromatic rings. The van der Waals surface area contributed by atoms with Crippen molar-refractivity contribution in [1.29, 1.82) is 0 Å². The number of ether oxygens (including phenoxy) is 3. The zero-order chi connectivity index (χ0) is 19.5. The van der Waals surface area contributed by atoms with Crippen molar-refractivity contribution >= 4 is 5.91 Å². The minimum Gasteiger partial charge on any atom is -0.377 e. The largest absolute Gasteiger partial charge is 0.377 e. The summed E-state index contributed by atoms with van der Waals surface area (Å²) in [6, 6.07) is 0. The van der Waals surface area contributed by atoms with Crippen LogP contribution in [0.15, 0.2) is 34.9 Å². The third-order valence-corrected chi connectivity index (χ3v) is 4.26. The number of rotatable bonds is 12. The van der Waals surface area contributed by atoms with Gasteiger partial charge in [-0.2, -0.15) is 0 Å². The average molecular weight is 367 g/mol. The normalized spacial score (nSPS) is 18.5. The van der Waals surface area contributed by atoms with Gasteiger partial charge in [-0.1, -0.05) is 30.7 Å². The molecule has 6 nitrogen and oxygen atoms in total. The van der Waals surface area contributed by atoms with Gasteiger partial charge in [0.1, 0.15) is 0 Å². The van der Waals surface area contributed by atoms with Gasteiger partial charge in [0, 0.05) is 12.1 Å². The van der Waals surface area contributed by atoms with E-state index in [2.05, 4.69) is 25.7 Å². The third kappa shape index (κ3) is 8.27. The summed E-state index contributed by atoms with van der Waals surface area (Å²) in [6.45, 7) is 14.0. The summed E-state index contributed by atoms with van der Waals surface area (Å²) < 4.78 is 15.9. The molecule has 0 fully saturated rings. The van der Waals surface area contributed by atoms with E-state index in [1.54, 1.807) is 6.92 Å². The lowest BCUT2D eigenvalue weighted by Crippen LogP contribution is -2.30. The topological polar surface area (TPSA) is 77.0 Å². The maximum Gasteiger partial charge on any atom is 0.251 e. The van der Waals surface area contributed by atoms with Crippen LogP contribution in [-0.2, 0) is 19.0 Å². The zero-order valence-electron chi connectivity index (χ0n) is 16.5. The van der Waals surface area contributed by atoms with Crippen molar-refractivity contribution < 1.29 is 24.1 Å². The van der Waals surface area contributed by atoms with Crippen LogP contribution in [0.5, 0.6) is 0 Å². The Kier molecular flexibility index (Phi) is 10.4. The van der Waals surface area contributed by atoms with Gasteiger partial charge in [-0.05, 0) is 38.7 Å². The Morgan fingerprint density at radius 1 is 1.27 bits per heavy atom. The zero-order valence-corrected chi connectivity index (χ0v) is 16.5. The van der Waals surface area contributed by atoms with E-state index >= 15 is 0 Å². The van der Waals surface area contributed by atoms with Gasteiger partial charge in [0.25, 0.3) is 5.91 Å². The first kappa shape index (κ1) is 22.6. The third-order valence-electron chi connectivity index (χ3n) is 4.26. The fraction of sp³-hybridized carbons (Fsp3) is 0.650. The predicted octanol–water partition coefficient (Wildman–Crippen LogP) is 2.35. The number of hydrogen-bond donors (Lipinski definition) is 2. The molecule has 0 radical (unpaired) electrons. The molecule has 2 N–H and O–H groups in total. The van der Waals surface area contributed by atoms with Crippen LogP contribution >= 0.6 is 0 Å². The van der Waals surface area contributed by atoms with Crippen LogP contribution in [0.2, 0.25) is 0 Å². The van der Waals surface area contributed by atoms with Gasteiger partial charge in [0.05, 0.1) is 33.0 Å². The molecule has 0 aliphatic heterocycles. The van der Waals surface area contributed by atoms with Crippen LogP contribution in [0, 0.1) is 5.92 Å². The first-order valence-corrected chi connectivity index (χ1v) is 9.09. The first-order valence-electron chi connectivity index (χ1n) is 9.09. The summed E-state index contributed by atoms with van der Waals surface area (Å²) in [4.78, 5) is 12.3. The molecule has 0 aromatic heterocycles. The lowest BCUT2D eigenvalue weighted by Gasteiger charge is -2.21. The number of carbonyl (C=O) groups excluding carboxylic acids is 1. The second kappa shape index (κ2) is 12.0. The van der Waals surface area contributed by atoms with E-state index in [9.17, 15) is 9.90 Å². The minimum absolute atomic E-state index is 0.0403. The highest BCUT2D eigenvalue weighted by atomic mass is 16.6. The van der Waals surface area contributed by atoms with E-state index in [-0.39, 0.29) is 5.91 Å². The lowest BCUT2D eigenvalue weighted by atomic mass is 9.85. The predicted molar refractivity (Wildman–Crippen MR) is 102 cm³/mol. The summed E-state index contributed by atoms with van der Waals surface area (Å²) in [6.07, 6.45) is 2.05. The molecule has 1 aliphatic rings. The molecule has 1 amide bonds. The van der Waals surface area contributed by atoms with Crippen LogP contribution in [-0.4, -0.2) is 56.9 Å². The summed E-state index contributed by atoms with van der Waals surface area (Å²) >= 11 is 0. The Labute approximate surface area is 156 Å². The molecule has 6 heteroatoms. The van der Waals surface area contributed by atoms with E-state index in [1.165, 1.54) is 5.57 Å². The fourth-order valence-electron chi connectivity index (χ4n) is 2.58. The van der Waals surface area contributed by atoms with E-state index < -0.39 is 6.29 Å². The summed E-state index contributed by atoms with van der Waals surface area (Å²) in [5, 5.41) is 12.3. The van der Waals surface area contributed by atoms with Crippen molar-refractivity contribution in [3.63, 3.8) is 0 Å². The van der Waals surface area contributed by atoms with Crippen molar-refractivity contribution in [2.75, 3.05) is 39.6 Å². The molecule has 1 aliphatic carbocycles. The van der Waals surface area contributed by atoms with E-state index in [4.69, 9.17) is 14.2 Å². The molecular formula is C20H33NO5. The van der Waals surface area contributed by atoms with E-state index in [1.807, 2.05) is 13.0 Å². The smallest absolute Gasteiger partial charge is 0.251 e. The first-order chi connectivity index (χ1) is 12.3. The molecular weight excluding hydrogens is 334 g/mol. The lowest BCUT2D eigenvalue weighted by molar-refractivity contribution is -0.117. The highest BCUT2D eigenvalue weighted by Gasteiger charge is 2.19. The molecule has 148 valence electrons. The van der Waals surface area contributed by atoms with Gasteiger partial charge in [0.15, 0.2) is 6.29 Å². The van der Waals surface area contributed by atoms with Crippen LogP contribution in [0.3, 0.4) is 0 Å².